The van der Waals surface area contributed by atoms with Crippen LogP contribution in [-0.4, -0.2) is 16.6 Å². The number of carbonyl (C=O) groups excluding carboxylic acids is 2. The Morgan fingerprint density at radius 2 is 1.78 bits per heavy atom. The molecule has 7 heteroatoms. The van der Waals surface area contributed by atoms with E-state index < -0.39 is 4.92 Å². The number of amides is 1. The molecule has 0 atom stereocenters. The molecule has 2 aromatic carbocycles. The molecule has 2 rings (SSSR count). The SMILES string of the molecule is O=C(CCC(=O)c1ccc(Cl)cc1)Nc1cccc([N+](=O)[O-])c1. The first-order chi connectivity index (χ1) is 11.0. The highest BCUT2D eigenvalue weighted by molar-refractivity contribution is 6.30. The van der Waals surface area contributed by atoms with Crippen molar-refractivity contribution < 1.29 is 14.5 Å². The maximum Gasteiger partial charge on any atom is 0.271 e. The molecule has 0 bridgehead atoms. The van der Waals surface area contributed by atoms with E-state index in [1.807, 2.05) is 0 Å². The van der Waals surface area contributed by atoms with Gasteiger partial charge in [0.15, 0.2) is 5.78 Å². The molecule has 0 saturated heterocycles. The van der Waals surface area contributed by atoms with E-state index in [9.17, 15) is 19.7 Å². The molecule has 0 unspecified atom stereocenters. The first kappa shape index (κ1) is 16.6. The Bertz CT molecular complexity index is 744. The molecule has 0 heterocycles. The molecule has 6 nitrogen and oxygen atoms in total. The molecule has 0 fully saturated rings. The summed E-state index contributed by atoms with van der Waals surface area (Å²) in [7, 11) is 0. The summed E-state index contributed by atoms with van der Waals surface area (Å²) in [6.45, 7) is 0. The third-order valence-electron chi connectivity index (χ3n) is 3.09. The van der Waals surface area contributed by atoms with E-state index >= 15 is 0 Å². The fraction of sp³-hybridized carbons (Fsp3) is 0.125. The van der Waals surface area contributed by atoms with Gasteiger partial charge in [-0.05, 0) is 30.3 Å². The molecule has 0 spiro atoms. The number of nitro groups is 1. The molecule has 0 saturated carbocycles. The molecule has 1 amide bonds. The van der Waals surface area contributed by atoms with Crippen molar-refractivity contribution in [3.05, 3.63) is 69.2 Å². The molecule has 0 aromatic heterocycles. The summed E-state index contributed by atoms with van der Waals surface area (Å²) < 4.78 is 0. The van der Waals surface area contributed by atoms with Crippen molar-refractivity contribution in [2.75, 3.05) is 5.32 Å². The molecule has 0 aliphatic rings. The number of rotatable bonds is 6. The van der Waals surface area contributed by atoms with Crippen LogP contribution in [0, 0.1) is 10.1 Å². The number of benzene rings is 2. The van der Waals surface area contributed by atoms with Crippen LogP contribution >= 0.6 is 11.6 Å². The molecule has 2 aromatic rings. The predicted molar refractivity (Wildman–Crippen MR) is 86.7 cm³/mol. The third-order valence-corrected chi connectivity index (χ3v) is 3.34. The molecule has 0 radical (unpaired) electrons. The van der Waals surface area contributed by atoms with Crippen LogP contribution in [0.2, 0.25) is 5.02 Å². The number of non-ortho nitro benzene ring substituents is 1. The summed E-state index contributed by atoms with van der Waals surface area (Å²) in [5, 5.41) is 13.7. The number of ketones is 1. The molecule has 118 valence electrons. The van der Waals surface area contributed by atoms with E-state index in [0.717, 1.165) is 0 Å². The third kappa shape index (κ3) is 4.89. The van der Waals surface area contributed by atoms with Crippen LogP contribution in [0.3, 0.4) is 0 Å². The normalized spacial score (nSPS) is 10.1. The fourth-order valence-corrected chi connectivity index (χ4v) is 2.05. The highest BCUT2D eigenvalue weighted by Crippen LogP contribution is 2.17. The van der Waals surface area contributed by atoms with Crippen LogP contribution in [0.15, 0.2) is 48.5 Å². The molecule has 1 N–H and O–H groups in total. The lowest BCUT2D eigenvalue weighted by molar-refractivity contribution is -0.384. The zero-order valence-corrected chi connectivity index (χ0v) is 12.7. The zero-order chi connectivity index (χ0) is 16.8. The Balaban J connectivity index is 1.90. The van der Waals surface area contributed by atoms with Crippen LogP contribution in [0.1, 0.15) is 23.2 Å². The number of carbonyl (C=O) groups is 2. The van der Waals surface area contributed by atoms with E-state index in [-0.39, 0.29) is 30.2 Å². The van der Waals surface area contributed by atoms with Crippen molar-refractivity contribution in [2.24, 2.45) is 0 Å². The molecule has 0 aliphatic carbocycles. The van der Waals surface area contributed by atoms with E-state index in [1.165, 1.54) is 18.2 Å². The smallest absolute Gasteiger partial charge is 0.271 e. The Kier molecular flexibility index (Phi) is 5.43. The van der Waals surface area contributed by atoms with Gasteiger partial charge in [-0.2, -0.15) is 0 Å². The van der Waals surface area contributed by atoms with Crippen LogP contribution in [0.5, 0.6) is 0 Å². The van der Waals surface area contributed by atoms with Crippen LogP contribution < -0.4 is 5.32 Å². The van der Waals surface area contributed by atoms with Gasteiger partial charge >= 0.3 is 0 Å². The van der Waals surface area contributed by atoms with Crippen LogP contribution in [-0.2, 0) is 4.79 Å². The van der Waals surface area contributed by atoms with Gasteiger partial charge in [0.25, 0.3) is 5.69 Å². The maximum absolute atomic E-state index is 11.9. The lowest BCUT2D eigenvalue weighted by Crippen LogP contribution is -2.13. The van der Waals surface area contributed by atoms with Crippen LogP contribution in [0.4, 0.5) is 11.4 Å². The van der Waals surface area contributed by atoms with Crippen molar-refractivity contribution in [2.45, 2.75) is 12.8 Å². The van der Waals surface area contributed by atoms with Crippen molar-refractivity contribution in [3.8, 4) is 0 Å². The summed E-state index contributed by atoms with van der Waals surface area (Å²) in [5.74, 6) is -0.552. The number of Topliss-reactive ketones (excluding diaryl/α,β-unsaturated/α-hetero) is 1. The van der Waals surface area contributed by atoms with E-state index in [4.69, 9.17) is 11.6 Å². The number of hydrogen-bond donors (Lipinski definition) is 1. The summed E-state index contributed by atoms with van der Waals surface area (Å²) in [6, 6.07) is 12.0. The molecular weight excluding hydrogens is 320 g/mol. The van der Waals surface area contributed by atoms with E-state index in [0.29, 0.717) is 16.3 Å². The van der Waals surface area contributed by atoms with Gasteiger partial charge in [-0.15, -0.1) is 0 Å². The summed E-state index contributed by atoms with van der Waals surface area (Å²) in [5.41, 5.74) is 0.695. The Morgan fingerprint density at radius 3 is 2.43 bits per heavy atom. The average molecular weight is 333 g/mol. The van der Waals surface area contributed by atoms with Gasteiger partial charge in [0.1, 0.15) is 0 Å². The van der Waals surface area contributed by atoms with Crippen LogP contribution in [0.25, 0.3) is 0 Å². The quantitative estimate of drug-likeness (QED) is 0.494. The number of nitrogens with zero attached hydrogens (tertiary/aromatic N) is 1. The topological polar surface area (TPSA) is 89.3 Å². The number of hydrogen-bond acceptors (Lipinski definition) is 4. The first-order valence-electron chi connectivity index (χ1n) is 6.79. The van der Waals surface area contributed by atoms with Gasteiger partial charge in [-0.1, -0.05) is 17.7 Å². The Morgan fingerprint density at radius 1 is 1.09 bits per heavy atom. The highest BCUT2D eigenvalue weighted by Gasteiger charge is 2.11. The largest absolute Gasteiger partial charge is 0.326 e. The zero-order valence-electron chi connectivity index (χ0n) is 12.0. The number of anilines is 1. The second-order valence-electron chi connectivity index (χ2n) is 4.79. The minimum atomic E-state index is -0.542. The number of halogens is 1. The average Bonchev–Trinajstić information content (AvgIpc) is 2.53. The highest BCUT2D eigenvalue weighted by atomic mass is 35.5. The molecule has 0 aliphatic heterocycles. The molecule has 23 heavy (non-hydrogen) atoms. The first-order valence-corrected chi connectivity index (χ1v) is 7.16. The number of nitrogens with one attached hydrogen (secondary N) is 1. The van der Waals surface area contributed by atoms with Gasteiger partial charge in [0, 0.05) is 41.2 Å². The van der Waals surface area contributed by atoms with Gasteiger partial charge in [-0.3, -0.25) is 19.7 Å². The lowest BCUT2D eigenvalue weighted by atomic mass is 10.1. The summed E-state index contributed by atoms with van der Waals surface area (Å²) >= 11 is 5.75. The number of nitro benzene ring substituents is 1. The minimum absolute atomic E-state index is 0.00977. The van der Waals surface area contributed by atoms with Crippen molar-refractivity contribution in [3.63, 3.8) is 0 Å². The van der Waals surface area contributed by atoms with E-state index in [2.05, 4.69) is 5.32 Å². The van der Waals surface area contributed by atoms with Crippen molar-refractivity contribution in [1.82, 2.24) is 0 Å². The Hall–Kier alpha value is -2.73. The monoisotopic (exact) mass is 332 g/mol. The summed E-state index contributed by atoms with van der Waals surface area (Å²) in [6.07, 6.45) is 0.0343. The predicted octanol–water partition coefficient (Wildman–Crippen LogP) is 3.85. The van der Waals surface area contributed by atoms with Gasteiger partial charge < -0.3 is 5.32 Å². The van der Waals surface area contributed by atoms with Crippen molar-refractivity contribution >= 4 is 34.7 Å². The standard InChI is InChI=1S/C16H13ClN2O4/c17-12-6-4-11(5-7-12)15(20)8-9-16(21)18-13-2-1-3-14(10-13)19(22)23/h1-7,10H,8-9H2,(H,18,21). The van der Waals surface area contributed by atoms with Gasteiger partial charge in [0.05, 0.1) is 4.92 Å². The second-order valence-corrected chi connectivity index (χ2v) is 5.22. The molecular formula is C16H13ClN2O4. The second kappa shape index (κ2) is 7.51. The maximum atomic E-state index is 11.9. The minimum Gasteiger partial charge on any atom is -0.326 e. The van der Waals surface area contributed by atoms with Gasteiger partial charge in [-0.25, -0.2) is 0 Å². The van der Waals surface area contributed by atoms with Gasteiger partial charge in [0.2, 0.25) is 5.91 Å². The van der Waals surface area contributed by atoms with E-state index in [1.54, 1.807) is 30.3 Å². The van der Waals surface area contributed by atoms with Crippen molar-refractivity contribution in [1.29, 1.82) is 0 Å². The fourth-order valence-electron chi connectivity index (χ4n) is 1.93. The summed E-state index contributed by atoms with van der Waals surface area (Å²) in [4.78, 5) is 33.9. The Labute approximate surface area is 137 Å². The lowest BCUT2D eigenvalue weighted by Gasteiger charge is -2.05.